The van der Waals surface area contributed by atoms with E-state index in [2.05, 4.69) is 16.6 Å². The van der Waals surface area contributed by atoms with Crippen LogP contribution < -0.4 is 10.5 Å². The Labute approximate surface area is 125 Å². The van der Waals surface area contributed by atoms with E-state index < -0.39 is 6.61 Å². The van der Waals surface area contributed by atoms with Crippen LogP contribution in [0.25, 0.3) is 0 Å². The molecule has 2 unspecified atom stereocenters. The molecule has 2 atom stereocenters. The van der Waals surface area contributed by atoms with Gasteiger partial charge in [0, 0.05) is 12.6 Å². The fraction of sp³-hybridized carbons (Fsp3) is 0.625. The Morgan fingerprint density at radius 2 is 2.24 bits per heavy atom. The van der Waals surface area contributed by atoms with E-state index in [1.165, 1.54) is 12.8 Å². The van der Waals surface area contributed by atoms with E-state index in [1.807, 2.05) is 6.07 Å². The van der Waals surface area contributed by atoms with Crippen LogP contribution in [0, 0.1) is 5.92 Å². The fourth-order valence-corrected chi connectivity index (χ4v) is 3.08. The second-order valence-corrected chi connectivity index (χ2v) is 5.71. The van der Waals surface area contributed by atoms with Crippen molar-refractivity contribution in [2.24, 2.45) is 11.7 Å². The molecule has 1 aromatic rings. The summed E-state index contributed by atoms with van der Waals surface area (Å²) >= 11 is 0. The first kappa shape index (κ1) is 16.2. The summed E-state index contributed by atoms with van der Waals surface area (Å²) in [5.74, 6) is 0.872. The number of rotatable bonds is 6. The Kier molecular flexibility index (Phi) is 5.94. The first-order valence-corrected chi connectivity index (χ1v) is 7.59. The molecule has 1 heterocycles. The van der Waals surface area contributed by atoms with Gasteiger partial charge in [-0.25, -0.2) is 0 Å². The minimum atomic E-state index is -2.78. The normalized spacial score (nSPS) is 21.5. The molecule has 0 amide bonds. The van der Waals surface area contributed by atoms with Crippen LogP contribution in [0.15, 0.2) is 24.3 Å². The van der Waals surface area contributed by atoms with Crippen molar-refractivity contribution in [3.63, 3.8) is 0 Å². The number of hydrogen-bond acceptors (Lipinski definition) is 3. The van der Waals surface area contributed by atoms with Gasteiger partial charge in [-0.2, -0.15) is 8.78 Å². The minimum Gasteiger partial charge on any atom is -0.435 e. The highest BCUT2D eigenvalue weighted by Crippen LogP contribution is 2.29. The third-order valence-corrected chi connectivity index (χ3v) is 4.24. The van der Waals surface area contributed by atoms with E-state index in [4.69, 9.17) is 5.73 Å². The third-order valence-electron chi connectivity index (χ3n) is 4.24. The average Bonchev–Trinajstić information content (AvgIpc) is 2.47. The zero-order valence-corrected chi connectivity index (χ0v) is 12.5. The van der Waals surface area contributed by atoms with Crippen molar-refractivity contribution in [1.29, 1.82) is 0 Å². The number of likely N-dealkylation sites (tertiary alicyclic amines) is 1. The number of halogens is 2. The molecule has 1 saturated heterocycles. The molecule has 0 aromatic heterocycles. The maximum atomic E-state index is 12.3. The van der Waals surface area contributed by atoms with Gasteiger partial charge in [-0.15, -0.1) is 0 Å². The van der Waals surface area contributed by atoms with E-state index in [0.29, 0.717) is 5.92 Å². The van der Waals surface area contributed by atoms with Crippen LogP contribution in [0.4, 0.5) is 8.78 Å². The van der Waals surface area contributed by atoms with Gasteiger partial charge in [0.1, 0.15) is 5.75 Å². The van der Waals surface area contributed by atoms with Crippen LogP contribution in [0.1, 0.15) is 37.8 Å². The van der Waals surface area contributed by atoms with Gasteiger partial charge in [0.25, 0.3) is 0 Å². The van der Waals surface area contributed by atoms with Gasteiger partial charge in [0.2, 0.25) is 0 Å². The minimum absolute atomic E-state index is 0.201. The first-order valence-electron chi connectivity index (χ1n) is 7.59. The van der Waals surface area contributed by atoms with Gasteiger partial charge in [-0.1, -0.05) is 12.1 Å². The van der Waals surface area contributed by atoms with Gasteiger partial charge in [0.05, 0.1) is 0 Å². The van der Waals surface area contributed by atoms with Crippen molar-refractivity contribution in [2.45, 2.75) is 38.8 Å². The lowest BCUT2D eigenvalue weighted by Gasteiger charge is -2.37. The Hall–Kier alpha value is -1.20. The molecule has 118 valence electrons. The lowest BCUT2D eigenvalue weighted by atomic mass is 9.93. The van der Waals surface area contributed by atoms with Crippen molar-refractivity contribution in [2.75, 3.05) is 19.6 Å². The zero-order chi connectivity index (χ0) is 15.2. The molecular formula is C16H24F2N2O. The van der Waals surface area contributed by atoms with Crippen LogP contribution in [-0.4, -0.2) is 31.1 Å². The molecule has 3 nitrogen and oxygen atoms in total. The summed E-state index contributed by atoms with van der Waals surface area (Å²) in [7, 11) is 0. The van der Waals surface area contributed by atoms with E-state index in [-0.39, 0.29) is 11.8 Å². The van der Waals surface area contributed by atoms with Crippen molar-refractivity contribution in [1.82, 2.24) is 4.90 Å². The molecule has 5 heteroatoms. The summed E-state index contributed by atoms with van der Waals surface area (Å²) in [4.78, 5) is 2.41. The molecule has 0 bridgehead atoms. The highest BCUT2D eigenvalue weighted by atomic mass is 19.3. The topological polar surface area (TPSA) is 38.5 Å². The summed E-state index contributed by atoms with van der Waals surface area (Å²) in [6.07, 6.45) is 3.45. The quantitative estimate of drug-likeness (QED) is 0.874. The summed E-state index contributed by atoms with van der Waals surface area (Å²) < 4.78 is 29.1. The van der Waals surface area contributed by atoms with Gasteiger partial charge in [-0.3, -0.25) is 4.90 Å². The molecule has 21 heavy (non-hydrogen) atoms. The highest BCUT2D eigenvalue weighted by molar-refractivity contribution is 5.30. The number of hydrogen-bond donors (Lipinski definition) is 1. The SMILES string of the molecule is CC(c1cccc(OC(F)F)c1)N1CCCC(CCN)C1. The molecular weight excluding hydrogens is 274 g/mol. The largest absolute Gasteiger partial charge is 0.435 e. The molecule has 1 aromatic carbocycles. The maximum absolute atomic E-state index is 12.3. The molecule has 2 N–H and O–H groups in total. The van der Waals surface area contributed by atoms with Crippen molar-refractivity contribution >= 4 is 0 Å². The Balaban J connectivity index is 2.03. The van der Waals surface area contributed by atoms with E-state index in [9.17, 15) is 8.78 Å². The number of piperidine rings is 1. The second kappa shape index (κ2) is 7.71. The lowest BCUT2D eigenvalue weighted by molar-refractivity contribution is -0.0499. The molecule has 2 rings (SSSR count). The van der Waals surface area contributed by atoms with Crippen molar-refractivity contribution in [3.05, 3.63) is 29.8 Å². The summed E-state index contributed by atoms with van der Waals surface area (Å²) in [5, 5.41) is 0. The molecule has 0 aliphatic carbocycles. The van der Waals surface area contributed by atoms with Crippen LogP contribution in [0.3, 0.4) is 0 Å². The molecule has 1 aliphatic heterocycles. The summed E-state index contributed by atoms with van der Waals surface area (Å²) in [5.41, 5.74) is 6.67. The van der Waals surface area contributed by atoms with E-state index in [1.54, 1.807) is 18.2 Å². The summed E-state index contributed by atoms with van der Waals surface area (Å²) in [6.45, 7) is 2.14. The molecule has 0 saturated carbocycles. The first-order chi connectivity index (χ1) is 10.1. The summed E-state index contributed by atoms with van der Waals surface area (Å²) in [6, 6.07) is 7.21. The van der Waals surface area contributed by atoms with Crippen LogP contribution in [0.5, 0.6) is 5.75 Å². The number of benzene rings is 1. The van der Waals surface area contributed by atoms with Gasteiger partial charge in [-0.05, 0) is 62.9 Å². The van der Waals surface area contributed by atoms with Crippen molar-refractivity contribution in [3.8, 4) is 5.75 Å². The van der Waals surface area contributed by atoms with Crippen molar-refractivity contribution < 1.29 is 13.5 Å². The Bertz CT molecular complexity index is 440. The zero-order valence-electron chi connectivity index (χ0n) is 12.5. The third kappa shape index (κ3) is 4.64. The number of nitrogens with two attached hydrogens (primary N) is 1. The monoisotopic (exact) mass is 298 g/mol. The second-order valence-electron chi connectivity index (χ2n) is 5.71. The predicted octanol–water partition coefficient (Wildman–Crippen LogP) is 3.41. The van der Waals surface area contributed by atoms with Gasteiger partial charge < -0.3 is 10.5 Å². The fourth-order valence-electron chi connectivity index (χ4n) is 3.08. The Morgan fingerprint density at radius 1 is 1.43 bits per heavy atom. The van der Waals surface area contributed by atoms with Gasteiger partial charge >= 0.3 is 6.61 Å². The number of alkyl halides is 2. The highest BCUT2D eigenvalue weighted by Gasteiger charge is 2.24. The lowest BCUT2D eigenvalue weighted by Crippen LogP contribution is -2.37. The van der Waals surface area contributed by atoms with E-state index in [0.717, 1.165) is 31.6 Å². The predicted molar refractivity (Wildman–Crippen MR) is 79.5 cm³/mol. The molecule has 0 radical (unpaired) electrons. The van der Waals surface area contributed by atoms with E-state index >= 15 is 0 Å². The standard InChI is InChI=1S/C16H24F2N2O/c1-12(20-9-3-4-13(11-20)7-8-19)14-5-2-6-15(10-14)21-16(17)18/h2,5-6,10,12-13,16H,3-4,7-9,11,19H2,1H3. The number of nitrogens with zero attached hydrogens (tertiary/aromatic N) is 1. The maximum Gasteiger partial charge on any atom is 0.387 e. The molecule has 1 fully saturated rings. The molecule has 1 aliphatic rings. The van der Waals surface area contributed by atoms with Crippen LogP contribution >= 0.6 is 0 Å². The average molecular weight is 298 g/mol. The smallest absolute Gasteiger partial charge is 0.387 e. The molecule has 0 spiro atoms. The number of ether oxygens (including phenoxy) is 1. The van der Waals surface area contributed by atoms with Crippen LogP contribution in [0.2, 0.25) is 0 Å². The van der Waals surface area contributed by atoms with Gasteiger partial charge in [0.15, 0.2) is 0 Å². The van der Waals surface area contributed by atoms with Crippen LogP contribution in [-0.2, 0) is 0 Å². The Morgan fingerprint density at radius 3 is 2.95 bits per heavy atom.